The summed E-state index contributed by atoms with van der Waals surface area (Å²) in [5.74, 6) is 0.901. The highest BCUT2D eigenvalue weighted by molar-refractivity contribution is 7.18. The smallest absolute Gasteiger partial charge is 0.262 e. The number of methoxy groups -OCH3 is 1. The van der Waals surface area contributed by atoms with Crippen molar-refractivity contribution in [3.8, 4) is 5.75 Å². The van der Waals surface area contributed by atoms with Crippen LogP contribution in [0.4, 0.5) is 0 Å². The minimum atomic E-state index is 0.901. The molecule has 0 fully saturated rings. The third kappa shape index (κ3) is 2.69. The summed E-state index contributed by atoms with van der Waals surface area (Å²) < 4.78 is 9.05. The van der Waals surface area contributed by atoms with Gasteiger partial charge in [0.05, 0.1) is 7.11 Å². The number of thiazole rings is 1. The van der Waals surface area contributed by atoms with Crippen LogP contribution in [0.1, 0.15) is 17.5 Å². The Kier molecular flexibility index (Phi) is 4.02. The van der Waals surface area contributed by atoms with Crippen LogP contribution in [-0.2, 0) is 6.54 Å². The molecule has 106 valence electrons. The summed E-state index contributed by atoms with van der Waals surface area (Å²) in [5, 5.41) is 1.25. The van der Waals surface area contributed by atoms with Crippen molar-refractivity contribution in [2.45, 2.75) is 13.5 Å². The van der Waals surface area contributed by atoms with Crippen molar-refractivity contribution in [1.29, 1.82) is 0 Å². The molecule has 0 N–H and O–H groups in total. The van der Waals surface area contributed by atoms with Crippen LogP contribution in [-0.4, -0.2) is 7.11 Å². The van der Waals surface area contributed by atoms with E-state index in [0.29, 0.717) is 0 Å². The molecule has 0 saturated carbocycles. The lowest BCUT2D eigenvalue weighted by Gasteiger charge is -2.02. The molecule has 1 heterocycles. The number of aryl methyl sites for hydroxylation is 1. The summed E-state index contributed by atoms with van der Waals surface area (Å²) in [4.78, 5) is 0. The highest BCUT2D eigenvalue weighted by Crippen LogP contribution is 2.24. The summed E-state index contributed by atoms with van der Waals surface area (Å²) in [6.07, 6.45) is 4.29. The first-order valence-corrected chi connectivity index (χ1v) is 7.87. The second-order valence-corrected chi connectivity index (χ2v) is 5.79. The van der Waals surface area contributed by atoms with Crippen molar-refractivity contribution in [2.24, 2.45) is 0 Å². The van der Waals surface area contributed by atoms with Gasteiger partial charge in [-0.15, -0.1) is 0 Å². The van der Waals surface area contributed by atoms with Crippen molar-refractivity contribution in [3.63, 3.8) is 0 Å². The zero-order valence-corrected chi connectivity index (χ0v) is 13.1. The van der Waals surface area contributed by atoms with E-state index in [2.05, 4.69) is 54.0 Å². The first-order valence-electron chi connectivity index (χ1n) is 7.06. The third-order valence-corrected chi connectivity index (χ3v) is 4.63. The molecule has 0 radical (unpaired) electrons. The van der Waals surface area contributed by atoms with E-state index < -0.39 is 0 Å². The number of nitrogens with zero attached hydrogens (tertiary/aromatic N) is 1. The van der Waals surface area contributed by atoms with Crippen molar-refractivity contribution >= 4 is 33.7 Å². The Hall–Kier alpha value is -2.13. The number of benzene rings is 2. The van der Waals surface area contributed by atoms with Crippen LogP contribution in [0.5, 0.6) is 5.75 Å². The van der Waals surface area contributed by atoms with Gasteiger partial charge < -0.3 is 4.74 Å². The molecule has 0 aliphatic heterocycles. The lowest BCUT2D eigenvalue weighted by molar-refractivity contribution is -0.665. The van der Waals surface area contributed by atoms with Crippen molar-refractivity contribution in [3.05, 3.63) is 59.1 Å². The topological polar surface area (TPSA) is 13.1 Å². The Morgan fingerprint density at radius 3 is 2.62 bits per heavy atom. The fourth-order valence-corrected chi connectivity index (χ4v) is 3.60. The first kappa shape index (κ1) is 13.8. The molecule has 0 aliphatic carbocycles. The summed E-state index contributed by atoms with van der Waals surface area (Å²) in [6.45, 7) is 3.15. The summed E-state index contributed by atoms with van der Waals surface area (Å²) in [6, 6.07) is 16.6. The van der Waals surface area contributed by atoms with E-state index in [0.717, 1.165) is 17.9 Å². The standard InChI is InChI=1S/C18H18NOS/c1-3-19-15-9-5-7-11-17(15)21-18(19)13-12-14-8-4-6-10-16(14)20-2/h4-13H,3H2,1-2H3/q+1. The molecule has 0 aliphatic rings. The molecule has 1 aromatic heterocycles. The normalized spacial score (nSPS) is 11.3. The molecule has 3 heteroatoms. The van der Waals surface area contributed by atoms with Crippen LogP contribution in [0.15, 0.2) is 48.5 Å². The van der Waals surface area contributed by atoms with Gasteiger partial charge in [0.2, 0.25) is 5.52 Å². The van der Waals surface area contributed by atoms with Gasteiger partial charge in [-0.3, -0.25) is 0 Å². The first-order chi connectivity index (χ1) is 10.3. The van der Waals surface area contributed by atoms with E-state index in [9.17, 15) is 0 Å². The molecule has 0 bridgehead atoms. The second-order valence-electron chi connectivity index (χ2n) is 4.73. The molecule has 0 amide bonds. The number of ether oxygens (including phenoxy) is 1. The Morgan fingerprint density at radius 1 is 1.05 bits per heavy atom. The van der Waals surface area contributed by atoms with Crippen LogP contribution < -0.4 is 9.30 Å². The lowest BCUT2D eigenvalue weighted by Crippen LogP contribution is -2.33. The van der Waals surface area contributed by atoms with Gasteiger partial charge in [0.1, 0.15) is 17.0 Å². The average molecular weight is 296 g/mol. The maximum Gasteiger partial charge on any atom is 0.262 e. The van der Waals surface area contributed by atoms with Gasteiger partial charge in [-0.1, -0.05) is 41.7 Å². The van der Waals surface area contributed by atoms with Gasteiger partial charge in [0, 0.05) is 17.7 Å². The predicted molar refractivity (Wildman–Crippen MR) is 89.6 cm³/mol. The molecule has 0 atom stereocenters. The van der Waals surface area contributed by atoms with Crippen molar-refractivity contribution in [1.82, 2.24) is 0 Å². The highest BCUT2D eigenvalue weighted by Gasteiger charge is 2.15. The quantitative estimate of drug-likeness (QED) is 0.651. The highest BCUT2D eigenvalue weighted by atomic mass is 32.1. The van der Waals surface area contributed by atoms with E-state index in [1.807, 2.05) is 29.5 Å². The molecule has 3 aromatic rings. The van der Waals surface area contributed by atoms with Crippen molar-refractivity contribution < 1.29 is 9.30 Å². The monoisotopic (exact) mass is 296 g/mol. The van der Waals surface area contributed by atoms with Gasteiger partial charge in [0.25, 0.3) is 5.01 Å². The number of rotatable bonds is 4. The maximum atomic E-state index is 5.39. The molecule has 21 heavy (non-hydrogen) atoms. The van der Waals surface area contributed by atoms with Gasteiger partial charge in [0.15, 0.2) is 0 Å². The summed E-state index contributed by atoms with van der Waals surface area (Å²) in [5.41, 5.74) is 2.39. The number of fused-ring (bicyclic) bond motifs is 1. The molecule has 0 spiro atoms. The van der Waals surface area contributed by atoms with Gasteiger partial charge >= 0.3 is 0 Å². The third-order valence-electron chi connectivity index (χ3n) is 3.50. The van der Waals surface area contributed by atoms with E-state index in [-0.39, 0.29) is 0 Å². The van der Waals surface area contributed by atoms with Crippen LogP contribution in [0, 0.1) is 0 Å². The lowest BCUT2D eigenvalue weighted by atomic mass is 10.2. The van der Waals surface area contributed by atoms with Gasteiger partial charge in [-0.25, -0.2) is 0 Å². The molecular formula is C18H18NOS+. The Morgan fingerprint density at radius 2 is 1.81 bits per heavy atom. The Balaban J connectivity index is 2.03. The summed E-state index contributed by atoms with van der Waals surface area (Å²) >= 11 is 1.82. The van der Waals surface area contributed by atoms with Crippen LogP contribution in [0.25, 0.3) is 22.4 Å². The zero-order chi connectivity index (χ0) is 14.7. The molecule has 0 unspecified atom stereocenters. The van der Waals surface area contributed by atoms with Gasteiger partial charge in [-0.2, -0.15) is 4.57 Å². The molecular weight excluding hydrogens is 278 g/mol. The molecule has 0 saturated heterocycles. The minimum absolute atomic E-state index is 0.901. The number of hydrogen-bond acceptors (Lipinski definition) is 2. The SMILES string of the molecule is CC[n+]1c(C=Cc2ccccc2OC)sc2ccccc21. The summed E-state index contributed by atoms with van der Waals surface area (Å²) in [7, 11) is 1.71. The van der Waals surface area contributed by atoms with Crippen LogP contribution in [0.2, 0.25) is 0 Å². The van der Waals surface area contributed by atoms with E-state index in [1.54, 1.807) is 7.11 Å². The number of aromatic nitrogens is 1. The van der Waals surface area contributed by atoms with E-state index in [1.165, 1.54) is 15.2 Å². The Labute approximate surface area is 128 Å². The molecule has 2 aromatic carbocycles. The second kappa shape index (κ2) is 6.10. The van der Waals surface area contributed by atoms with Crippen molar-refractivity contribution in [2.75, 3.05) is 7.11 Å². The molecule has 2 nitrogen and oxygen atoms in total. The van der Waals surface area contributed by atoms with Crippen LogP contribution in [0.3, 0.4) is 0 Å². The average Bonchev–Trinajstić information content (AvgIpc) is 2.90. The fourth-order valence-electron chi connectivity index (χ4n) is 2.47. The molecule has 3 rings (SSSR count). The largest absolute Gasteiger partial charge is 0.496 e. The van der Waals surface area contributed by atoms with E-state index >= 15 is 0 Å². The minimum Gasteiger partial charge on any atom is -0.496 e. The van der Waals surface area contributed by atoms with Crippen LogP contribution >= 0.6 is 11.3 Å². The Bertz CT molecular complexity index is 789. The predicted octanol–water partition coefficient (Wildman–Crippen LogP) is 4.39. The fraction of sp³-hybridized carbons (Fsp3) is 0.167. The number of para-hydroxylation sites is 2. The number of hydrogen-bond donors (Lipinski definition) is 0. The maximum absolute atomic E-state index is 5.39. The van der Waals surface area contributed by atoms with Gasteiger partial charge in [-0.05, 0) is 25.1 Å². The zero-order valence-electron chi connectivity index (χ0n) is 12.2. The van der Waals surface area contributed by atoms with E-state index in [4.69, 9.17) is 4.74 Å².